The fourth-order valence-corrected chi connectivity index (χ4v) is 3.20. The first kappa shape index (κ1) is 14.0. The number of rotatable bonds is 3. The van der Waals surface area contributed by atoms with Crippen LogP contribution in [0.1, 0.15) is 36.8 Å². The second-order valence-electron chi connectivity index (χ2n) is 5.90. The molecule has 2 aromatic rings. The number of aryl methyl sites for hydroxylation is 1. The minimum Gasteiger partial charge on any atom is -0.508 e. The maximum absolute atomic E-state index is 9.67. The standard InChI is InChI=1S/C19H23NO/c1-2-15-8-10-18(11-9-15)20-12-4-6-17(14-20)16-5-3-7-19(21)13-16/h3,5,7-11,13,17,21H,2,4,6,12,14H2,1H3/t17-/m0/s1. The number of phenols is 1. The highest BCUT2D eigenvalue weighted by Gasteiger charge is 2.21. The second kappa shape index (κ2) is 6.21. The van der Waals surface area contributed by atoms with Crippen molar-refractivity contribution in [2.75, 3.05) is 18.0 Å². The fraction of sp³-hybridized carbons (Fsp3) is 0.368. The monoisotopic (exact) mass is 281 g/mol. The molecule has 0 aromatic heterocycles. The Kier molecular flexibility index (Phi) is 4.14. The van der Waals surface area contributed by atoms with Crippen molar-refractivity contribution in [1.29, 1.82) is 0 Å². The van der Waals surface area contributed by atoms with Gasteiger partial charge in [0.05, 0.1) is 0 Å². The van der Waals surface area contributed by atoms with Gasteiger partial charge in [-0.15, -0.1) is 0 Å². The van der Waals surface area contributed by atoms with E-state index in [4.69, 9.17) is 0 Å². The molecular formula is C19H23NO. The minimum absolute atomic E-state index is 0.372. The number of nitrogens with zero attached hydrogens (tertiary/aromatic N) is 1. The highest BCUT2D eigenvalue weighted by molar-refractivity contribution is 5.49. The molecule has 2 heteroatoms. The summed E-state index contributed by atoms with van der Waals surface area (Å²) in [6, 6.07) is 16.7. The largest absolute Gasteiger partial charge is 0.508 e. The molecule has 1 aliphatic rings. The van der Waals surface area contributed by atoms with Crippen LogP contribution in [0.25, 0.3) is 0 Å². The molecule has 1 saturated heterocycles. The number of benzene rings is 2. The molecule has 0 amide bonds. The van der Waals surface area contributed by atoms with Gasteiger partial charge < -0.3 is 10.0 Å². The highest BCUT2D eigenvalue weighted by atomic mass is 16.3. The molecule has 0 radical (unpaired) electrons. The average molecular weight is 281 g/mol. The number of hydrogen-bond donors (Lipinski definition) is 1. The lowest BCUT2D eigenvalue weighted by Gasteiger charge is -2.34. The first-order chi connectivity index (χ1) is 10.3. The third-order valence-electron chi connectivity index (χ3n) is 4.47. The van der Waals surface area contributed by atoms with E-state index < -0.39 is 0 Å². The number of piperidine rings is 1. The van der Waals surface area contributed by atoms with Crippen LogP contribution in [0.2, 0.25) is 0 Å². The quantitative estimate of drug-likeness (QED) is 0.904. The van der Waals surface area contributed by atoms with Crippen molar-refractivity contribution in [2.24, 2.45) is 0 Å². The van der Waals surface area contributed by atoms with Gasteiger partial charge in [-0.3, -0.25) is 0 Å². The van der Waals surface area contributed by atoms with Gasteiger partial charge in [-0.25, -0.2) is 0 Å². The van der Waals surface area contributed by atoms with E-state index in [9.17, 15) is 5.11 Å². The minimum atomic E-state index is 0.372. The normalized spacial score (nSPS) is 18.7. The van der Waals surface area contributed by atoms with Crippen LogP contribution >= 0.6 is 0 Å². The SMILES string of the molecule is CCc1ccc(N2CCC[C@H](c3cccc(O)c3)C2)cc1. The summed E-state index contributed by atoms with van der Waals surface area (Å²) < 4.78 is 0. The molecular weight excluding hydrogens is 258 g/mol. The Morgan fingerprint density at radius 3 is 2.67 bits per heavy atom. The van der Waals surface area contributed by atoms with Gasteiger partial charge in [-0.2, -0.15) is 0 Å². The van der Waals surface area contributed by atoms with Gasteiger partial charge >= 0.3 is 0 Å². The number of hydrogen-bond acceptors (Lipinski definition) is 2. The molecule has 110 valence electrons. The average Bonchev–Trinajstić information content (AvgIpc) is 2.55. The predicted molar refractivity (Wildman–Crippen MR) is 88.1 cm³/mol. The Balaban J connectivity index is 1.75. The Hall–Kier alpha value is -1.96. The molecule has 1 fully saturated rings. The second-order valence-corrected chi connectivity index (χ2v) is 5.90. The lowest BCUT2D eigenvalue weighted by Crippen LogP contribution is -2.34. The molecule has 1 atom stereocenters. The molecule has 1 N–H and O–H groups in total. The van der Waals surface area contributed by atoms with Gasteiger partial charge in [-0.05, 0) is 54.7 Å². The van der Waals surface area contributed by atoms with E-state index in [-0.39, 0.29) is 0 Å². The molecule has 0 aliphatic carbocycles. The van der Waals surface area contributed by atoms with Gasteiger partial charge in [0.25, 0.3) is 0 Å². The van der Waals surface area contributed by atoms with Crippen LogP contribution in [0.5, 0.6) is 5.75 Å². The lowest BCUT2D eigenvalue weighted by molar-refractivity contribution is 0.469. The highest BCUT2D eigenvalue weighted by Crippen LogP contribution is 2.31. The molecule has 0 bridgehead atoms. The van der Waals surface area contributed by atoms with Gasteiger partial charge in [-0.1, -0.05) is 31.2 Å². The van der Waals surface area contributed by atoms with E-state index in [1.807, 2.05) is 12.1 Å². The van der Waals surface area contributed by atoms with Crippen molar-refractivity contribution < 1.29 is 5.11 Å². The summed E-state index contributed by atoms with van der Waals surface area (Å²) >= 11 is 0. The number of anilines is 1. The van der Waals surface area contributed by atoms with Crippen molar-refractivity contribution in [1.82, 2.24) is 0 Å². The van der Waals surface area contributed by atoms with Crippen LogP contribution < -0.4 is 4.90 Å². The Morgan fingerprint density at radius 2 is 1.95 bits per heavy atom. The van der Waals surface area contributed by atoms with Gasteiger partial charge in [0.1, 0.15) is 5.75 Å². The van der Waals surface area contributed by atoms with Crippen LogP contribution in [-0.2, 0) is 6.42 Å². The van der Waals surface area contributed by atoms with E-state index in [1.165, 1.54) is 29.7 Å². The van der Waals surface area contributed by atoms with Crippen LogP contribution in [0.3, 0.4) is 0 Å². The summed E-state index contributed by atoms with van der Waals surface area (Å²) in [6.45, 7) is 4.35. The molecule has 21 heavy (non-hydrogen) atoms. The fourth-order valence-electron chi connectivity index (χ4n) is 3.20. The van der Waals surface area contributed by atoms with E-state index >= 15 is 0 Å². The Bertz CT molecular complexity index is 591. The third-order valence-corrected chi connectivity index (χ3v) is 4.47. The van der Waals surface area contributed by atoms with Gasteiger partial charge in [0, 0.05) is 24.7 Å². The van der Waals surface area contributed by atoms with E-state index in [0.717, 1.165) is 19.5 Å². The zero-order valence-corrected chi connectivity index (χ0v) is 12.6. The Labute approximate surface area is 127 Å². The van der Waals surface area contributed by atoms with Crippen LogP contribution in [0.4, 0.5) is 5.69 Å². The number of aromatic hydroxyl groups is 1. The molecule has 1 heterocycles. The number of phenolic OH excluding ortho intramolecular Hbond substituents is 1. The first-order valence-corrected chi connectivity index (χ1v) is 7.89. The molecule has 0 unspecified atom stereocenters. The molecule has 2 aromatic carbocycles. The maximum atomic E-state index is 9.67. The molecule has 0 spiro atoms. The molecule has 2 nitrogen and oxygen atoms in total. The van der Waals surface area contributed by atoms with Gasteiger partial charge in [0.2, 0.25) is 0 Å². The van der Waals surface area contributed by atoms with Crippen LogP contribution in [-0.4, -0.2) is 18.2 Å². The van der Waals surface area contributed by atoms with Crippen LogP contribution in [0.15, 0.2) is 48.5 Å². The van der Waals surface area contributed by atoms with Gasteiger partial charge in [0.15, 0.2) is 0 Å². The summed E-state index contributed by atoms with van der Waals surface area (Å²) in [6.07, 6.45) is 3.50. The van der Waals surface area contributed by atoms with E-state index in [2.05, 4.69) is 42.2 Å². The third kappa shape index (κ3) is 3.21. The van der Waals surface area contributed by atoms with Crippen LogP contribution in [0, 0.1) is 0 Å². The summed E-state index contributed by atoms with van der Waals surface area (Å²) in [5.41, 5.74) is 3.96. The predicted octanol–water partition coefficient (Wildman–Crippen LogP) is 4.34. The molecule has 0 saturated carbocycles. The topological polar surface area (TPSA) is 23.5 Å². The van der Waals surface area contributed by atoms with E-state index in [1.54, 1.807) is 6.07 Å². The first-order valence-electron chi connectivity index (χ1n) is 7.89. The summed E-state index contributed by atoms with van der Waals surface area (Å²) in [5, 5.41) is 9.67. The molecule has 3 rings (SSSR count). The van der Waals surface area contributed by atoms with E-state index in [0.29, 0.717) is 11.7 Å². The maximum Gasteiger partial charge on any atom is 0.115 e. The zero-order valence-electron chi connectivity index (χ0n) is 12.6. The lowest BCUT2D eigenvalue weighted by atomic mass is 9.90. The summed E-state index contributed by atoms with van der Waals surface area (Å²) in [7, 11) is 0. The zero-order chi connectivity index (χ0) is 14.7. The van der Waals surface area contributed by atoms with Crippen molar-refractivity contribution in [2.45, 2.75) is 32.1 Å². The Morgan fingerprint density at radius 1 is 1.14 bits per heavy atom. The smallest absolute Gasteiger partial charge is 0.115 e. The van der Waals surface area contributed by atoms with Crippen molar-refractivity contribution >= 4 is 5.69 Å². The van der Waals surface area contributed by atoms with Crippen molar-refractivity contribution in [3.8, 4) is 5.75 Å². The molecule has 1 aliphatic heterocycles. The van der Waals surface area contributed by atoms with Crippen molar-refractivity contribution in [3.63, 3.8) is 0 Å². The van der Waals surface area contributed by atoms with Crippen molar-refractivity contribution in [3.05, 3.63) is 59.7 Å². The summed E-state index contributed by atoms with van der Waals surface area (Å²) in [5.74, 6) is 0.883. The summed E-state index contributed by atoms with van der Waals surface area (Å²) in [4.78, 5) is 2.47.